The fourth-order valence-corrected chi connectivity index (χ4v) is 3.37. The largest absolute Gasteiger partial charge is 0.504 e. The molecule has 166 valence electrons. The Morgan fingerprint density at radius 1 is 0.969 bits per heavy atom. The number of hydrogen-bond donors (Lipinski definition) is 1. The quantitative estimate of drug-likeness (QED) is 0.328. The Morgan fingerprint density at radius 2 is 1.66 bits per heavy atom. The van der Waals surface area contributed by atoms with Crippen molar-refractivity contribution in [2.45, 2.75) is 20.5 Å². The Bertz CT molecular complexity index is 1140. The van der Waals surface area contributed by atoms with Gasteiger partial charge in [-0.25, -0.2) is 0 Å². The van der Waals surface area contributed by atoms with E-state index in [9.17, 15) is 9.90 Å². The molecule has 0 unspecified atom stereocenters. The van der Waals surface area contributed by atoms with Crippen LogP contribution in [0.3, 0.4) is 0 Å². The second-order valence-electron chi connectivity index (χ2n) is 7.32. The fourth-order valence-electron chi connectivity index (χ4n) is 3.26. The Morgan fingerprint density at radius 3 is 2.31 bits per heavy atom. The van der Waals surface area contributed by atoms with Gasteiger partial charge in [-0.1, -0.05) is 23.7 Å². The van der Waals surface area contributed by atoms with Crippen LogP contribution < -0.4 is 14.2 Å². The van der Waals surface area contributed by atoms with Gasteiger partial charge in [0.1, 0.15) is 18.1 Å². The van der Waals surface area contributed by atoms with Gasteiger partial charge in [0.2, 0.25) is 0 Å². The van der Waals surface area contributed by atoms with Crippen molar-refractivity contribution in [2.75, 3.05) is 14.2 Å². The van der Waals surface area contributed by atoms with Crippen molar-refractivity contribution in [1.29, 1.82) is 0 Å². The normalized spacial score (nSPS) is 10.9. The van der Waals surface area contributed by atoms with Gasteiger partial charge in [0.05, 0.1) is 14.2 Å². The Labute approximate surface area is 192 Å². The van der Waals surface area contributed by atoms with Crippen LogP contribution in [0.5, 0.6) is 23.0 Å². The van der Waals surface area contributed by atoms with Gasteiger partial charge in [-0.3, -0.25) is 4.79 Å². The lowest BCUT2D eigenvalue weighted by Crippen LogP contribution is -2.00. The summed E-state index contributed by atoms with van der Waals surface area (Å²) in [6.07, 6.45) is 3.20. The van der Waals surface area contributed by atoms with Gasteiger partial charge in [0.25, 0.3) is 0 Å². The van der Waals surface area contributed by atoms with E-state index in [1.165, 1.54) is 25.3 Å². The van der Waals surface area contributed by atoms with Gasteiger partial charge in [-0.05, 0) is 79.1 Å². The first-order chi connectivity index (χ1) is 15.3. The Kier molecular flexibility index (Phi) is 7.44. The van der Waals surface area contributed by atoms with Crippen LogP contribution in [0.1, 0.15) is 32.6 Å². The average Bonchev–Trinajstić information content (AvgIpc) is 2.79. The molecule has 0 saturated heterocycles. The molecule has 3 aromatic carbocycles. The molecule has 0 spiro atoms. The number of carbonyl (C=O) groups excluding carboxylic acids is 1. The van der Waals surface area contributed by atoms with Crippen LogP contribution in [0.2, 0.25) is 5.02 Å². The minimum absolute atomic E-state index is 0.0149. The molecule has 0 heterocycles. The highest BCUT2D eigenvalue weighted by Crippen LogP contribution is 2.29. The van der Waals surface area contributed by atoms with Crippen molar-refractivity contribution in [3.05, 3.63) is 87.4 Å². The summed E-state index contributed by atoms with van der Waals surface area (Å²) in [4.78, 5) is 12.5. The Balaban J connectivity index is 1.77. The van der Waals surface area contributed by atoms with Crippen LogP contribution in [-0.4, -0.2) is 25.1 Å². The summed E-state index contributed by atoms with van der Waals surface area (Å²) in [5, 5.41) is 10.4. The van der Waals surface area contributed by atoms with E-state index < -0.39 is 0 Å². The van der Waals surface area contributed by atoms with E-state index in [-0.39, 0.29) is 17.3 Å². The van der Waals surface area contributed by atoms with Crippen molar-refractivity contribution in [3.8, 4) is 23.0 Å². The highest BCUT2D eigenvalue weighted by Gasteiger charge is 2.09. The monoisotopic (exact) mass is 452 g/mol. The molecule has 6 heteroatoms. The fraction of sp³-hybridized carbons (Fsp3) is 0.192. The lowest BCUT2D eigenvalue weighted by Gasteiger charge is -2.13. The minimum Gasteiger partial charge on any atom is -0.504 e. The molecule has 0 aromatic heterocycles. The number of ether oxygens (including phenoxy) is 3. The number of benzene rings is 3. The zero-order valence-electron chi connectivity index (χ0n) is 18.4. The Hall–Kier alpha value is -3.44. The number of carbonyl (C=O) groups is 1. The van der Waals surface area contributed by atoms with E-state index in [1.807, 2.05) is 44.2 Å². The van der Waals surface area contributed by atoms with Crippen molar-refractivity contribution in [2.24, 2.45) is 0 Å². The molecule has 0 bridgehead atoms. The number of hydrogen-bond acceptors (Lipinski definition) is 5. The summed E-state index contributed by atoms with van der Waals surface area (Å²) < 4.78 is 16.5. The smallest absolute Gasteiger partial charge is 0.185 e. The van der Waals surface area contributed by atoms with E-state index in [0.717, 1.165) is 33.0 Å². The summed E-state index contributed by atoms with van der Waals surface area (Å²) in [5.74, 6) is 1.45. The van der Waals surface area contributed by atoms with E-state index in [1.54, 1.807) is 19.3 Å². The molecule has 1 N–H and O–H groups in total. The van der Waals surface area contributed by atoms with Gasteiger partial charge in [0, 0.05) is 16.1 Å². The minimum atomic E-state index is -0.205. The number of phenolic OH excluding ortho intramolecular Hbond substituents is 1. The van der Waals surface area contributed by atoms with E-state index in [4.69, 9.17) is 25.8 Å². The van der Waals surface area contributed by atoms with Crippen LogP contribution in [0.4, 0.5) is 0 Å². The average molecular weight is 453 g/mol. The third kappa shape index (κ3) is 5.42. The number of rotatable bonds is 8. The number of aryl methyl sites for hydroxylation is 2. The molecule has 32 heavy (non-hydrogen) atoms. The molecule has 0 amide bonds. The first-order valence-corrected chi connectivity index (χ1v) is 10.4. The highest BCUT2D eigenvalue weighted by molar-refractivity contribution is 6.32. The number of ketones is 1. The molecule has 0 saturated carbocycles. The molecule has 0 aliphatic heterocycles. The molecular weight excluding hydrogens is 428 g/mol. The molecule has 0 radical (unpaired) electrons. The lowest BCUT2D eigenvalue weighted by atomic mass is 10.1. The number of phenols is 1. The van der Waals surface area contributed by atoms with E-state index in [0.29, 0.717) is 17.9 Å². The van der Waals surface area contributed by atoms with Gasteiger partial charge in [-0.15, -0.1) is 0 Å². The second-order valence-corrected chi connectivity index (χ2v) is 7.69. The zero-order chi connectivity index (χ0) is 23.3. The topological polar surface area (TPSA) is 65.0 Å². The summed E-state index contributed by atoms with van der Waals surface area (Å²) in [6, 6.07) is 13.9. The second kappa shape index (κ2) is 10.2. The predicted molar refractivity (Wildman–Crippen MR) is 126 cm³/mol. The van der Waals surface area contributed by atoms with Gasteiger partial charge < -0.3 is 19.3 Å². The van der Waals surface area contributed by atoms with E-state index >= 15 is 0 Å². The maximum absolute atomic E-state index is 12.5. The van der Waals surface area contributed by atoms with Gasteiger partial charge in [0.15, 0.2) is 17.3 Å². The third-order valence-corrected chi connectivity index (χ3v) is 5.60. The number of allylic oxidation sites excluding steroid dienone is 1. The van der Waals surface area contributed by atoms with Crippen molar-refractivity contribution < 1.29 is 24.1 Å². The van der Waals surface area contributed by atoms with Crippen LogP contribution in [0.15, 0.2) is 54.6 Å². The highest BCUT2D eigenvalue weighted by atomic mass is 35.5. The number of aromatic hydroxyl groups is 1. The van der Waals surface area contributed by atoms with Crippen molar-refractivity contribution in [1.82, 2.24) is 0 Å². The SMILES string of the molecule is COc1cc(C(=O)/C=C/c2ccc(OC)c(COc3cc(C)c(Cl)c(C)c3)c2)ccc1O. The van der Waals surface area contributed by atoms with Gasteiger partial charge in [-0.2, -0.15) is 0 Å². The zero-order valence-corrected chi connectivity index (χ0v) is 19.2. The van der Waals surface area contributed by atoms with Crippen LogP contribution in [0, 0.1) is 13.8 Å². The van der Waals surface area contributed by atoms with Crippen molar-refractivity contribution >= 4 is 23.5 Å². The van der Waals surface area contributed by atoms with Crippen molar-refractivity contribution in [3.63, 3.8) is 0 Å². The summed E-state index contributed by atoms with van der Waals surface area (Å²) >= 11 is 6.23. The molecule has 0 aliphatic carbocycles. The summed E-state index contributed by atoms with van der Waals surface area (Å²) in [7, 11) is 3.04. The first kappa shape index (κ1) is 23.2. The predicted octanol–water partition coefficient (Wildman–Crippen LogP) is 6.15. The number of methoxy groups -OCH3 is 2. The summed E-state index contributed by atoms with van der Waals surface area (Å²) in [5.41, 5.74) is 4.00. The maximum Gasteiger partial charge on any atom is 0.185 e. The molecule has 0 atom stereocenters. The maximum atomic E-state index is 12.5. The van der Waals surface area contributed by atoms with Crippen LogP contribution in [0.25, 0.3) is 6.08 Å². The van der Waals surface area contributed by atoms with Crippen LogP contribution >= 0.6 is 11.6 Å². The number of halogens is 1. The standard InChI is InChI=1S/C26H25ClO5/c1-16-11-21(12-17(2)26(16)27)32-15-20-13-18(6-10-24(20)30-3)5-8-22(28)19-7-9-23(29)25(14-19)31-4/h5-14,29H,15H2,1-4H3/b8-5+. The third-order valence-electron chi connectivity index (χ3n) is 5.00. The van der Waals surface area contributed by atoms with Crippen LogP contribution in [-0.2, 0) is 6.61 Å². The molecule has 3 rings (SSSR count). The van der Waals surface area contributed by atoms with Gasteiger partial charge >= 0.3 is 0 Å². The molecular formula is C26H25ClO5. The molecule has 0 fully saturated rings. The van der Waals surface area contributed by atoms with E-state index in [2.05, 4.69) is 0 Å². The summed E-state index contributed by atoms with van der Waals surface area (Å²) in [6.45, 7) is 4.18. The molecule has 0 aliphatic rings. The molecule has 5 nitrogen and oxygen atoms in total. The molecule has 3 aromatic rings. The first-order valence-electron chi connectivity index (χ1n) is 9.98. The lowest BCUT2D eigenvalue weighted by molar-refractivity contribution is 0.104.